The summed E-state index contributed by atoms with van der Waals surface area (Å²) in [7, 11) is 1.96. The lowest BCUT2D eigenvalue weighted by Crippen LogP contribution is -2.38. The maximum Gasteiger partial charge on any atom is 0.0557 e. The summed E-state index contributed by atoms with van der Waals surface area (Å²) in [5.41, 5.74) is 7.64. The molecule has 1 heterocycles. The Morgan fingerprint density at radius 2 is 1.83 bits per heavy atom. The van der Waals surface area contributed by atoms with Crippen LogP contribution in [0.25, 0.3) is 0 Å². The van der Waals surface area contributed by atoms with Crippen LogP contribution in [0, 0.1) is 6.92 Å². The van der Waals surface area contributed by atoms with Crippen LogP contribution in [-0.4, -0.2) is 49.7 Å². The standard InChI is InChI=1S/C26H34N4/c1-21-10-12-24(13-11-21)19-30(17-15-27-3)26-14-16-29(20-25(26)22(2)28-4)18-23-8-6-5-7-9-23/h5-13,28H,2-3,14-20H2,1,4H3. The van der Waals surface area contributed by atoms with E-state index in [9.17, 15) is 0 Å². The van der Waals surface area contributed by atoms with Crippen molar-refractivity contribution in [1.82, 2.24) is 15.1 Å². The van der Waals surface area contributed by atoms with Gasteiger partial charge in [0.1, 0.15) is 0 Å². The van der Waals surface area contributed by atoms with Gasteiger partial charge in [0, 0.05) is 63.2 Å². The first-order valence-electron chi connectivity index (χ1n) is 10.7. The molecule has 0 unspecified atom stereocenters. The van der Waals surface area contributed by atoms with Gasteiger partial charge in [-0.3, -0.25) is 9.89 Å². The molecule has 0 atom stereocenters. The van der Waals surface area contributed by atoms with E-state index in [-0.39, 0.29) is 0 Å². The number of benzene rings is 2. The van der Waals surface area contributed by atoms with Crippen molar-refractivity contribution < 1.29 is 0 Å². The van der Waals surface area contributed by atoms with Gasteiger partial charge < -0.3 is 10.2 Å². The second kappa shape index (κ2) is 10.8. The molecule has 1 aliphatic rings. The minimum absolute atomic E-state index is 0.725. The van der Waals surface area contributed by atoms with Crippen LogP contribution in [0.4, 0.5) is 0 Å². The smallest absolute Gasteiger partial charge is 0.0557 e. The summed E-state index contributed by atoms with van der Waals surface area (Å²) in [5.74, 6) is 0. The number of aryl methyl sites for hydroxylation is 1. The van der Waals surface area contributed by atoms with Crippen molar-refractivity contribution in [2.75, 3.05) is 33.2 Å². The predicted molar refractivity (Wildman–Crippen MR) is 128 cm³/mol. The molecule has 0 aromatic heterocycles. The van der Waals surface area contributed by atoms with Crippen LogP contribution in [0.2, 0.25) is 0 Å². The largest absolute Gasteiger partial charge is 0.388 e. The molecule has 30 heavy (non-hydrogen) atoms. The van der Waals surface area contributed by atoms with Crippen molar-refractivity contribution in [1.29, 1.82) is 0 Å². The molecule has 0 fully saturated rings. The van der Waals surface area contributed by atoms with E-state index in [4.69, 9.17) is 0 Å². The third-order valence-corrected chi connectivity index (χ3v) is 5.71. The van der Waals surface area contributed by atoms with Gasteiger partial charge in [0.05, 0.1) is 6.54 Å². The average Bonchev–Trinajstić information content (AvgIpc) is 2.78. The van der Waals surface area contributed by atoms with Crippen LogP contribution in [0.3, 0.4) is 0 Å². The first-order valence-corrected chi connectivity index (χ1v) is 10.7. The van der Waals surface area contributed by atoms with Crippen molar-refractivity contribution in [3.8, 4) is 0 Å². The van der Waals surface area contributed by atoms with E-state index in [2.05, 4.69) is 94.9 Å². The summed E-state index contributed by atoms with van der Waals surface area (Å²) in [6.45, 7) is 15.5. The van der Waals surface area contributed by atoms with Crippen molar-refractivity contribution in [2.24, 2.45) is 4.99 Å². The Bertz CT molecular complexity index is 868. The maximum atomic E-state index is 4.31. The number of likely N-dealkylation sites (N-methyl/N-ethyl adjacent to an activating group) is 1. The molecule has 1 aliphatic heterocycles. The van der Waals surface area contributed by atoms with Gasteiger partial charge in [0.25, 0.3) is 0 Å². The van der Waals surface area contributed by atoms with E-state index in [1.807, 2.05) is 7.05 Å². The summed E-state index contributed by atoms with van der Waals surface area (Å²) >= 11 is 0. The van der Waals surface area contributed by atoms with Gasteiger partial charge in [-0.05, 0) is 24.8 Å². The average molecular weight is 403 g/mol. The number of hydrogen-bond acceptors (Lipinski definition) is 4. The monoisotopic (exact) mass is 402 g/mol. The highest BCUT2D eigenvalue weighted by molar-refractivity contribution is 5.36. The minimum Gasteiger partial charge on any atom is -0.388 e. The maximum absolute atomic E-state index is 4.31. The molecule has 4 nitrogen and oxygen atoms in total. The Hall–Kier alpha value is -2.85. The molecule has 2 aromatic rings. The topological polar surface area (TPSA) is 30.9 Å². The minimum atomic E-state index is 0.725. The van der Waals surface area contributed by atoms with Crippen molar-refractivity contribution in [3.05, 3.63) is 94.8 Å². The van der Waals surface area contributed by atoms with E-state index in [1.165, 1.54) is 28.0 Å². The fraction of sp³-hybridized carbons (Fsp3) is 0.346. The van der Waals surface area contributed by atoms with Gasteiger partial charge >= 0.3 is 0 Å². The fourth-order valence-corrected chi connectivity index (χ4v) is 3.97. The zero-order chi connectivity index (χ0) is 21.3. The van der Waals surface area contributed by atoms with Gasteiger partial charge in [-0.15, -0.1) is 0 Å². The van der Waals surface area contributed by atoms with Crippen LogP contribution in [0.5, 0.6) is 0 Å². The van der Waals surface area contributed by atoms with E-state index < -0.39 is 0 Å². The van der Waals surface area contributed by atoms with E-state index >= 15 is 0 Å². The van der Waals surface area contributed by atoms with Crippen molar-refractivity contribution in [2.45, 2.75) is 26.4 Å². The predicted octanol–water partition coefficient (Wildman–Crippen LogP) is 4.39. The molecule has 4 heteroatoms. The van der Waals surface area contributed by atoms with Crippen LogP contribution < -0.4 is 5.32 Å². The molecular formula is C26H34N4. The molecule has 0 radical (unpaired) electrons. The van der Waals surface area contributed by atoms with Gasteiger partial charge in [0.2, 0.25) is 0 Å². The van der Waals surface area contributed by atoms with Gasteiger partial charge in [-0.25, -0.2) is 0 Å². The summed E-state index contributed by atoms with van der Waals surface area (Å²) < 4.78 is 0. The Morgan fingerprint density at radius 1 is 1.10 bits per heavy atom. The summed E-state index contributed by atoms with van der Waals surface area (Å²) in [6, 6.07) is 19.5. The van der Waals surface area contributed by atoms with E-state index in [1.54, 1.807) is 0 Å². The van der Waals surface area contributed by atoms with Crippen LogP contribution >= 0.6 is 0 Å². The van der Waals surface area contributed by atoms with Gasteiger partial charge in [0.15, 0.2) is 0 Å². The number of nitrogens with zero attached hydrogens (tertiary/aromatic N) is 3. The molecule has 0 saturated heterocycles. The van der Waals surface area contributed by atoms with Crippen LogP contribution in [0.1, 0.15) is 23.1 Å². The molecule has 3 rings (SSSR count). The summed E-state index contributed by atoms with van der Waals surface area (Å²) in [5, 5.41) is 3.29. The number of aliphatic imine (C=N–C) groups is 1. The van der Waals surface area contributed by atoms with Crippen LogP contribution in [0.15, 0.2) is 83.1 Å². The Morgan fingerprint density at radius 3 is 2.50 bits per heavy atom. The van der Waals surface area contributed by atoms with Crippen molar-refractivity contribution in [3.63, 3.8) is 0 Å². The lowest BCUT2D eigenvalue weighted by molar-refractivity contribution is 0.238. The highest BCUT2D eigenvalue weighted by atomic mass is 15.2. The quantitative estimate of drug-likeness (QED) is 0.598. The third-order valence-electron chi connectivity index (χ3n) is 5.71. The highest BCUT2D eigenvalue weighted by Gasteiger charge is 2.24. The Kier molecular flexibility index (Phi) is 7.86. The van der Waals surface area contributed by atoms with Crippen molar-refractivity contribution >= 4 is 6.72 Å². The first-order chi connectivity index (χ1) is 14.6. The Balaban J connectivity index is 1.84. The fourth-order valence-electron chi connectivity index (χ4n) is 3.97. The molecule has 158 valence electrons. The second-order valence-corrected chi connectivity index (χ2v) is 7.95. The molecular weight excluding hydrogens is 368 g/mol. The number of rotatable bonds is 10. The summed E-state index contributed by atoms with van der Waals surface area (Å²) in [6.07, 6.45) is 1.01. The SMILES string of the molecule is C=NCCN(Cc1ccc(C)cc1)C1=C(C(=C)NC)CN(Cc2ccccc2)CC1. The molecule has 1 N–H and O–H groups in total. The van der Waals surface area contributed by atoms with Crippen LogP contribution in [-0.2, 0) is 13.1 Å². The normalized spacial score (nSPS) is 14.5. The lowest BCUT2D eigenvalue weighted by Gasteiger charge is -2.37. The lowest BCUT2D eigenvalue weighted by atomic mass is 10.0. The molecule has 0 aliphatic carbocycles. The number of hydrogen-bond donors (Lipinski definition) is 1. The zero-order valence-corrected chi connectivity index (χ0v) is 18.4. The zero-order valence-electron chi connectivity index (χ0n) is 18.4. The molecule has 0 spiro atoms. The number of nitrogens with one attached hydrogen (secondary N) is 1. The molecule has 2 aromatic carbocycles. The van der Waals surface area contributed by atoms with Gasteiger partial charge in [-0.1, -0.05) is 66.7 Å². The third kappa shape index (κ3) is 5.83. The van der Waals surface area contributed by atoms with E-state index in [0.717, 1.165) is 51.4 Å². The highest BCUT2D eigenvalue weighted by Crippen LogP contribution is 2.27. The second-order valence-electron chi connectivity index (χ2n) is 7.95. The summed E-state index contributed by atoms with van der Waals surface area (Å²) in [4.78, 5) is 9.10. The van der Waals surface area contributed by atoms with Gasteiger partial charge in [-0.2, -0.15) is 0 Å². The molecule has 0 bridgehead atoms. The first kappa shape index (κ1) is 21.8. The van der Waals surface area contributed by atoms with E-state index in [0.29, 0.717) is 0 Å². The molecule has 0 amide bonds. The Labute approximate surface area is 181 Å². The molecule has 0 saturated carbocycles.